The van der Waals surface area contributed by atoms with Gasteiger partial charge in [0.25, 0.3) is 11.8 Å². The van der Waals surface area contributed by atoms with E-state index in [-0.39, 0.29) is 29.2 Å². The fourth-order valence-electron chi connectivity index (χ4n) is 5.15. The van der Waals surface area contributed by atoms with E-state index in [2.05, 4.69) is 54.7 Å². The van der Waals surface area contributed by atoms with Gasteiger partial charge in [0, 0.05) is 41.3 Å². The van der Waals surface area contributed by atoms with E-state index in [0.29, 0.717) is 23.2 Å². The van der Waals surface area contributed by atoms with Crippen molar-refractivity contribution >= 4 is 29.3 Å². The van der Waals surface area contributed by atoms with E-state index in [1.54, 1.807) is 18.3 Å². The molecule has 3 aromatic rings. The lowest BCUT2D eigenvalue weighted by Crippen LogP contribution is -2.43. The monoisotopic (exact) mass is 594 g/mol. The molecule has 1 saturated heterocycles. The van der Waals surface area contributed by atoms with Crippen LogP contribution in [0, 0.1) is 11.8 Å². The Hall–Kier alpha value is -4.49. The minimum atomic E-state index is -0.255. The largest absolute Gasteiger partial charge is 0.383 e. The molecule has 2 amide bonds. The smallest absolute Gasteiger partial charge is 0.256 e. The second-order valence-electron chi connectivity index (χ2n) is 11.8. The number of nitrogens with two attached hydrogens (primary N) is 1. The number of nitrogens with one attached hydrogen (secondary N) is 3. The molecular weight excluding hydrogens is 552 g/mol. The van der Waals surface area contributed by atoms with Gasteiger partial charge in [0.05, 0.1) is 5.56 Å². The van der Waals surface area contributed by atoms with Crippen LogP contribution in [0.4, 0.5) is 17.5 Å². The summed E-state index contributed by atoms with van der Waals surface area (Å²) in [5.74, 6) is 6.14. The maximum atomic E-state index is 12.6. The molecule has 10 nitrogen and oxygen atoms in total. The minimum Gasteiger partial charge on any atom is -0.383 e. The molecule has 44 heavy (non-hydrogen) atoms. The summed E-state index contributed by atoms with van der Waals surface area (Å²) >= 11 is 0. The molecule has 0 bridgehead atoms. The highest BCUT2D eigenvalue weighted by atomic mass is 16.2. The number of nitrogen functional groups attached to an aromatic ring is 1. The highest BCUT2D eigenvalue weighted by Gasteiger charge is 2.24. The molecule has 230 valence electrons. The predicted octanol–water partition coefficient (Wildman–Crippen LogP) is 4.65. The van der Waals surface area contributed by atoms with Crippen LogP contribution in [0.3, 0.4) is 0 Å². The first kappa shape index (κ1) is 31.0. The van der Waals surface area contributed by atoms with Crippen molar-refractivity contribution in [3.63, 3.8) is 0 Å². The van der Waals surface area contributed by atoms with E-state index in [1.807, 2.05) is 24.3 Å². The van der Waals surface area contributed by atoms with Crippen LogP contribution in [0.5, 0.6) is 0 Å². The maximum absolute atomic E-state index is 12.6. The molecule has 0 atom stereocenters. The molecule has 3 aliphatic rings. The molecular formula is C34H42N8O2. The highest BCUT2D eigenvalue weighted by molar-refractivity contribution is 5.98. The second-order valence-corrected chi connectivity index (χ2v) is 11.8. The van der Waals surface area contributed by atoms with Gasteiger partial charge in [-0.1, -0.05) is 44.4 Å². The summed E-state index contributed by atoms with van der Waals surface area (Å²) < 4.78 is 0. The summed E-state index contributed by atoms with van der Waals surface area (Å²) in [5, 5.41) is 9.09. The lowest BCUT2D eigenvalue weighted by molar-refractivity contribution is 0.0915. The number of carbonyl (C=O) groups excluding carboxylic acids is 2. The number of piperidine rings is 1. The number of likely N-dealkylation sites (tertiary alicyclic amines) is 1. The van der Waals surface area contributed by atoms with Gasteiger partial charge in [-0.3, -0.25) is 9.59 Å². The Bertz CT molecular complexity index is 1470. The van der Waals surface area contributed by atoms with Crippen LogP contribution in [-0.4, -0.2) is 63.9 Å². The van der Waals surface area contributed by atoms with Gasteiger partial charge in [-0.25, -0.2) is 9.97 Å². The van der Waals surface area contributed by atoms with Gasteiger partial charge in [-0.15, -0.1) is 0 Å². The Morgan fingerprint density at radius 3 is 2.11 bits per heavy atom. The Kier molecular flexibility index (Phi) is 10.8. The van der Waals surface area contributed by atoms with Gasteiger partial charge in [-0.2, -0.15) is 4.98 Å². The number of nitrogens with zero attached hydrogens (tertiary/aromatic N) is 4. The molecule has 1 aromatic carbocycles. The quantitative estimate of drug-likeness (QED) is 0.303. The van der Waals surface area contributed by atoms with E-state index >= 15 is 0 Å². The van der Waals surface area contributed by atoms with Crippen molar-refractivity contribution in [3.8, 4) is 11.8 Å². The van der Waals surface area contributed by atoms with E-state index < -0.39 is 0 Å². The third kappa shape index (κ3) is 9.51. The normalized spacial score (nSPS) is 16.8. The molecule has 0 unspecified atom stereocenters. The lowest BCUT2D eigenvalue weighted by Gasteiger charge is -2.29. The molecule has 0 spiro atoms. The second kappa shape index (κ2) is 15.3. The Balaban J connectivity index is 0.000000573. The zero-order valence-electron chi connectivity index (χ0n) is 25.4. The predicted molar refractivity (Wildman–Crippen MR) is 173 cm³/mol. The molecule has 3 fully saturated rings. The average molecular weight is 595 g/mol. The van der Waals surface area contributed by atoms with Crippen molar-refractivity contribution in [1.29, 1.82) is 0 Å². The summed E-state index contributed by atoms with van der Waals surface area (Å²) in [6.45, 7) is 1.90. The SMILES string of the molecule is C1CCCCC1.CN1CCC(NC(=O)c2cnc(Nc3ccc(C#Cc4cc(C(=O)NC5CC5)ccn4)cc3)nc2N)CC1. The van der Waals surface area contributed by atoms with Gasteiger partial charge >= 0.3 is 0 Å². The zero-order chi connectivity index (χ0) is 30.7. The molecule has 2 saturated carbocycles. The highest BCUT2D eigenvalue weighted by Crippen LogP contribution is 2.20. The van der Waals surface area contributed by atoms with Crippen molar-refractivity contribution < 1.29 is 9.59 Å². The van der Waals surface area contributed by atoms with Crippen LogP contribution < -0.4 is 21.7 Å². The minimum absolute atomic E-state index is 0.0952. The zero-order valence-corrected chi connectivity index (χ0v) is 25.4. The summed E-state index contributed by atoms with van der Waals surface area (Å²) in [6.07, 6.45) is 15.9. The lowest BCUT2D eigenvalue weighted by atomic mass is 10.0. The summed E-state index contributed by atoms with van der Waals surface area (Å²) in [4.78, 5) is 39.9. The number of benzene rings is 1. The topological polar surface area (TPSA) is 138 Å². The fourth-order valence-corrected chi connectivity index (χ4v) is 5.15. The number of amides is 2. The van der Waals surface area contributed by atoms with Crippen LogP contribution in [0.25, 0.3) is 0 Å². The van der Waals surface area contributed by atoms with Gasteiger partial charge in [-0.05, 0) is 88.1 Å². The number of aromatic nitrogens is 3. The van der Waals surface area contributed by atoms with Crippen molar-refractivity contribution in [2.45, 2.75) is 76.3 Å². The number of carbonyl (C=O) groups is 2. The average Bonchev–Trinajstić information content (AvgIpc) is 3.87. The van der Waals surface area contributed by atoms with Gasteiger partial charge < -0.3 is 26.6 Å². The Labute approximate surface area is 259 Å². The molecule has 0 radical (unpaired) electrons. The molecule has 1 aliphatic heterocycles. The van der Waals surface area contributed by atoms with E-state index in [4.69, 9.17) is 5.73 Å². The first-order valence-corrected chi connectivity index (χ1v) is 15.7. The molecule has 5 N–H and O–H groups in total. The van der Waals surface area contributed by atoms with E-state index in [1.165, 1.54) is 44.7 Å². The molecule has 2 aliphatic carbocycles. The van der Waals surface area contributed by atoms with Crippen molar-refractivity contribution in [1.82, 2.24) is 30.5 Å². The summed E-state index contributed by atoms with van der Waals surface area (Å²) in [5.41, 5.74) is 8.95. The van der Waals surface area contributed by atoms with Crippen LogP contribution in [0.2, 0.25) is 0 Å². The Morgan fingerprint density at radius 1 is 0.841 bits per heavy atom. The van der Waals surface area contributed by atoms with E-state index in [0.717, 1.165) is 50.0 Å². The summed E-state index contributed by atoms with van der Waals surface area (Å²) in [6, 6.07) is 11.2. The number of anilines is 3. The third-order valence-electron chi connectivity index (χ3n) is 8.03. The molecule has 3 heterocycles. The van der Waals surface area contributed by atoms with Crippen LogP contribution in [0.1, 0.15) is 96.2 Å². The van der Waals surface area contributed by atoms with Gasteiger partial charge in [0.2, 0.25) is 5.95 Å². The molecule has 10 heteroatoms. The first-order valence-electron chi connectivity index (χ1n) is 15.7. The van der Waals surface area contributed by atoms with Crippen molar-refractivity contribution in [3.05, 3.63) is 71.2 Å². The fraction of sp³-hybridized carbons (Fsp3) is 0.441. The number of pyridine rings is 1. The summed E-state index contributed by atoms with van der Waals surface area (Å²) in [7, 11) is 2.08. The number of hydrogen-bond donors (Lipinski definition) is 4. The Morgan fingerprint density at radius 2 is 1.48 bits per heavy atom. The first-order chi connectivity index (χ1) is 21.4. The van der Waals surface area contributed by atoms with Crippen LogP contribution in [0.15, 0.2) is 48.8 Å². The van der Waals surface area contributed by atoms with Gasteiger partial charge in [0.15, 0.2) is 0 Å². The number of hydrogen-bond acceptors (Lipinski definition) is 8. The van der Waals surface area contributed by atoms with E-state index in [9.17, 15) is 9.59 Å². The number of rotatable bonds is 6. The van der Waals surface area contributed by atoms with Crippen LogP contribution >= 0.6 is 0 Å². The third-order valence-corrected chi connectivity index (χ3v) is 8.03. The standard InChI is InChI=1S/C28H30N8O2.C6H12/c1-36-14-11-22(12-15-36)33-27(38)24-17-31-28(35-25(24)29)34-21-5-2-18(3-6-21)4-7-23-16-19(10-13-30-23)26(37)32-20-8-9-20;1-2-4-6-5-3-1/h2-3,5-6,10,13,16-17,20,22H,8-9,11-12,14-15H2,1H3,(H,32,37)(H,33,38)(H3,29,31,34,35);1-6H2. The van der Waals surface area contributed by atoms with Crippen LogP contribution in [-0.2, 0) is 0 Å². The van der Waals surface area contributed by atoms with Gasteiger partial charge in [0.1, 0.15) is 11.5 Å². The molecule has 6 rings (SSSR count). The maximum Gasteiger partial charge on any atom is 0.256 e. The van der Waals surface area contributed by atoms with Crippen molar-refractivity contribution in [2.75, 3.05) is 31.2 Å². The van der Waals surface area contributed by atoms with Crippen molar-refractivity contribution in [2.24, 2.45) is 0 Å². The molecule has 2 aromatic heterocycles.